The highest BCUT2D eigenvalue weighted by Crippen LogP contribution is 2.21. The molecule has 0 aliphatic rings. The maximum Gasteiger partial charge on any atom is 0.251 e. The van der Waals surface area contributed by atoms with E-state index in [4.69, 9.17) is 5.73 Å². The summed E-state index contributed by atoms with van der Waals surface area (Å²) in [7, 11) is 0. The SMILES string of the molecule is CCC(C(N)=O)n1c(=O)ccc2cc(Br)ccc21. The number of benzene rings is 1. The van der Waals surface area contributed by atoms with Crippen molar-refractivity contribution in [2.45, 2.75) is 19.4 Å². The van der Waals surface area contributed by atoms with E-state index in [1.54, 1.807) is 6.07 Å². The van der Waals surface area contributed by atoms with Crippen molar-refractivity contribution in [1.82, 2.24) is 4.57 Å². The average molecular weight is 309 g/mol. The lowest BCUT2D eigenvalue weighted by Gasteiger charge is -2.17. The van der Waals surface area contributed by atoms with Gasteiger partial charge in [0.25, 0.3) is 5.56 Å². The minimum atomic E-state index is -0.609. The van der Waals surface area contributed by atoms with Crippen LogP contribution >= 0.6 is 15.9 Å². The normalized spacial score (nSPS) is 12.6. The number of hydrogen-bond acceptors (Lipinski definition) is 2. The predicted octanol–water partition coefficient (Wildman–Crippen LogP) is 2.20. The van der Waals surface area contributed by atoms with Gasteiger partial charge < -0.3 is 5.73 Å². The molecule has 94 valence electrons. The van der Waals surface area contributed by atoms with Gasteiger partial charge in [0.2, 0.25) is 5.91 Å². The highest BCUT2D eigenvalue weighted by atomic mass is 79.9. The van der Waals surface area contributed by atoms with Crippen LogP contribution in [0.25, 0.3) is 10.9 Å². The molecule has 0 spiro atoms. The monoisotopic (exact) mass is 308 g/mol. The summed E-state index contributed by atoms with van der Waals surface area (Å²) >= 11 is 3.38. The van der Waals surface area contributed by atoms with Crippen LogP contribution in [0, 0.1) is 0 Å². The van der Waals surface area contributed by atoms with Crippen molar-refractivity contribution < 1.29 is 4.79 Å². The van der Waals surface area contributed by atoms with Crippen LogP contribution in [0.3, 0.4) is 0 Å². The van der Waals surface area contributed by atoms with Gasteiger partial charge in [-0.05, 0) is 36.1 Å². The first-order valence-electron chi connectivity index (χ1n) is 5.64. The molecule has 1 atom stereocenters. The molecule has 18 heavy (non-hydrogen) atoms. The molecule has 0 saturated heterocycles. The molecule has 1 amide bonds. The highest BCUT2D eigenvalue weighted by molar-refractivity contribution is 9.10. The molecule has 1 heterocycles. The molecule has 0 radical (unpaired) electrons. The van der Waals surface area contributed by atoms with Crippen LogP contribution in [0.4, 0.5) is 0 Å². The van der Waals surface area contributed by atoms with Crippen LogP contribution in [-0.4, -0.2) is 10.5 Å². The minimum Gasteiger partial charge on any atom is -0.368 e. The molecule has 1 aromatic heterocycles. The summed E-state index contributed by atoms with van der Waals surface area (Å²) in [6.45, 7) is 1.83. The van der Waals surface area contributed by atoms with Crippen LogP contribution in [0.2, 0.25) is 0 Å². The van der Waals surface area contributed by atoms with E-state index in [0.29, 0.717) is 6.42 Å². The van der Waals surface area contributed by atoms with Crippen LogP contribution < -0.4 is 11.3 Å². The lowest BCUT2D eigenvalue weighted by Crippen LogP contribution is -2.33. The van der Waals surface area contributed by atoms with E-state index in [-0.39, 0.29) is 5.56 Å². The van der Waals surface area contributed by atoms with E-state index >= 15 is 0 Å². The molecule has 1 aromatic carbocycles. The summed E-state index contributed by atoms with van der Waals surface area (Å²) < 4.78 is 2.39. The molecule has 1 unspecified atom stereocenters. The fraction of sp³-hybridized carbons (Fsp3) is 0.231. The van der Waals surface area contributed by atoms with Crippen LogP contribution in [-0.2, 0) is 4.79 Å². The largest absolute Gasteiger partial charge is 0.368 e. The molecule has 0 bridgehead atoms. The van der Waals surface area contributed by atoms with Crippen molar-refractivity contribution in [2.24, 2.45) is 5.73 Å². The van der Waals surface area contributed by atoms with Crippen LogP contribution in [0.1, 0.15) is 19.4 Å². The van der Waals surface area contributed by atoms with Gasteiger partial charge in [-0.1, -0.05) is 22.9 Å². The molecule has 2 N–H and O–H groups in total. The Bertz CT molecular complexity index is 664. The summed E-state index contributed by atoms with van der Waals surface area (Å²) in [6, 6.07) is 8.15. The molecule has 5 heteroatoms. The number of carbonyl (C=O) groups is 1. The number of pyridine rings is 1. The Morgan fingerprint density at radius 2 is 2.11 bits per heavy atom. The number of halogens is 1. The van der Waals surface area contributed by atoms with Gasteiger partial charge in [0, 0.05) is 10.5 Å². The Hall–Kier alpha value is -1.62. The van der Waals surface area contributed by atoms with E-state index in [9.17, 15) is 9.59 Å². The second kappa shape index (κ2) is 4.94. The maximum atomic E-state index is 12.0. The quantitative estimate of drug-likeness (QED) is 0.944. The third-order valence-corrected chi connectivity index (χ3v) is 3.41. The number of fused-ring (bicyclic) bond motifs is 1. The van der Waals surface area contributed by atoms with Crippen molar-refractivity contribution in [1.29, 1.82) is 0 Å². The number of primary amides is 1. The standard InChI is InChI=1S/C13H13BrN2O2/c1-2-10(13(15)18)16-11-5-4-9(14)7-8(11)3-6-12(16)17/h3-7,10H,2H2,1H3,(H2,15,18). The second-order valence-corrected chi connectivity index (χ2v) is 4.99. The smallest absolute Gasteiger partial charge is 0.251 e. The Kier molecular flexibility index (Phi) is 3.52. The first kappa shape index (κ1) is 12.8. The molecule has 0 aliphatic heterocycles. The molecule has 0 aliphatic carbocycles. The number of rotatable bonds is 3. The summed E-state index contributed by atoms with van der Waals surface area (Å²) in [4.78, 5) is 23.4. The Labute approximate surface area is 113 Å². The van der Waals surface area contributed by atoms with Gasteiger partial charge >= 0.3 is 0 Å². The molecule has 0 saturated carbocycles. The lowest BCUT2D eigenvalue weighted by molar-refractivity contribution is -0.121. The topological polar surface area (TPSA) is 65.1 Å². The molecular formula is C13H13BrN2O2. The van der Waals surface area contributed by atoms with Crippen molar-refractivity contribution in [3.63, 3.8) is 0 Å². The Morgan fingerprint density at radius 1 is 1.39 bits per heavy atom. The fourth-order valence-corrected chi connectivity index (χ4v) is 2.45. The second-order valence-electron chi connectivity index (χ2n) is 4.07. The zero-order valence-electron chi connectivity index (χ0n) is 9.89. The number of hydrogen-bond donors (Lipinski definition) is 1. The summed E-state index contributed by atoms with van der Waals surface area (Å²) in [5, 5.41) is 0.892. The van der Waals surface area contributed by atoms with E-state index < -0.39 is 11.9 Å². The summed E-state index contributed by atoms with van der Waals surface area (Å²) in [6.07, 6.45) is 0.490. The number of carbonyl (C=O) groups excluding carboxylic acids is 1. The van der Waals surface area contributed by atoms with Gasteiger partial charge in [-0.2, -0.15) is 0 Å². The summed E-state index contributed by atoms with van der Waals surface area (Å²) in [5.74, 6) is -0.491. The van der Waals surface area contributed by atoms with E-state index in [1.165, 1.54) is 10.6 Å². The number of amides is 1. The van der Waals surface area contributed by atoms with Crippen molar-refractivity contribution in [3.8, 4) is 0 Å². The Balaban J connectivity index is 2.79. The van der Waals surface area contributed by atoms with E-state index in [0.717, 1.165) is 15.4 Å². The van der Waals surface area contributed by atoms with Crippen LogP contribution in [0.15, 0.2) is 39.6 Å². The summed E-state index contributed by atoms with van der Waals surface area (Å²) in [5.41, 5.74) is 5.87. The molecular weight excluding hydrogens is 296 g/mol. The number of nitrogens with two attached hydrogens (primary N) is 1. The van der Waals surface area contributed by atoms with Gasteiger partial charge in [-0.3, -0.25) is 14.2 Å². The maximum absolute atomic E-state index is 12.0. The van der Waals surface area contributed by atoms with Crippen molar-refractivity contribution >= 4 is 32.7 Å². The fourth-order valence-electron chi connectivity index (χ4n) is 2.07. The van der Waals surface area contributed by atoms with E-state index in [1.807, 2.05) is 25.1 Å². The zero-order valence-corrected chi connectivity index (χ0v) is 11.5. The van der Waals surface area contributed by atoms with Gasteiger partial charge in [-0.25, -0.2) is 0 Å². The lowest BCUT2D eigenvalue weighted by atomic mass is 10.1. The van der Waals surface area contributed by atoms with Crippen LogP contribution in [0.5, 0.6) is 0 Å². The minimum absolute atomic E-state index is 0.213. The van der Waals surface area contributed by atoms with Crippen molar-refractivity contribution in [3.05, 3.63) is 45.2 Å². The molecule has 4 nitrogen and oxygen atoms in total. The predicted molar refractivity (Wildman–Crippen MR) is 74.4 cm³/mol. The van der Waals surface area contributed by atoms with Gasteiger partial charge in [-0.15, -0.1) is 0 Å². The third-order valence-electron chi connectivity index (χ3n) is 2.92. The number of nitrogens with zero attached hydrogens (tertiary/aromatic N) is 1. The third kappa shape index (κ3) is 2.18. The zero-order chi connectivity index (χ0) is 13.3. The molecule has 2 aromatic rings. The highest BCUT2D eigenvalue weighted by Gasteiger charge is 2.18. The van der Waals surface area contributed by atoms with Gasteiger partial charge in [0.05, 0.1) is 5.52 Å². The first-order chi connectivity index (χ1) is 8.54. The van der Waals surface area contributed by atoms with Crippen molar-refractivity contribution in [2.75, 3.05) is 0 Å². The average Bonchev–Trinajstić information content (AvgIpc) is 2.32. The first-order valence-corrected chi connectivity index (χ1v) is 6.44. The Morgan fingerprint density at radius 3 is 2.72 bits per heavy atom. The number of aromatic nitrogens is 1. The van der Waals surface area contributed by atoms with E-state index in [2.05, 4.69) is 15.9 Å². The van der Waals surface area contributed by atoms with Gasteiger partial charge in [0.1, 0.15) is 6.04 Å². The van der Waals surface area contributed by atoms with Gasteiger partial charge in [0.15, 0.2) is 0 Å². The molecule has 0 fully saturated rings. The molecule has 2 rings (SSSR count).